The average molecular weight is 301 g/mol. The van der Waals surface area contributed by atoms with E-state index in [1.165, 1.54) is 0 Å². The summed E-state index contributed by atoms with van der Waals surface area (Å²) >= 11 is 0. The lowest BCUT2D eigenvalue weighted by molar-refractivity contribution is -0.267. The molecule has 0 aromatic carbocycles. The van der Waals surface area contributed by atoms with Gasteiger partial charge in [-0.15, -0.1) is 0 Å². The molecule has 1 aromatic rings. The van der Waals surface area contributed by atoms with Gasteiger partial charge in [-0.2, -0.15) is 18.3 Å². The third kappa shape index (κ3) is 2.14. The van der Waals surface area contributed by atoms with Crippen LogP contribution in [0, 0.1) is 0 Å². The number of H-pyrrole nitrogens is 1. The van der Waals surface area contributed by atoms with Crippen LogP contribution in [0.4, 0.5) is 19.0 Å². The SMILES string of the molecule is O=C1CC(O)(C(F)(F)F)c2c(C3CC=CCC3)n[nH]c2N1. The summed E-state index contributed by atoms with van der Waals surface area (Å²) in [5.74, 6) is -1.24. The third-order valence-corrected chi connectivity index (χ3v) is 4.01. The van der Waals surface area contributed by atoms with Crippen molar-refractivity contribution < 1.29 is 23.1 Å². The van der Waals surface area contributed by atoms with Gasteiger partial charge in [0.2, 0.25) is 5.91 Å². The number of fused-ring (bicyclic) bond motifs is 1. The molecule has 1 aromatic heterocycles. The molecule has 2 aliphatic rings. The Kier molecular flexibility index (Phi) is 3.09. The van der Waals surface area contributed by atoms with Crippen molar-refractivity contribution in [2.75, 3.05) is 5.32 Å². The monoisotopic (exact) mass is 301 g/mol. The van der Waals surface area contributed by atoms with Crippen LogP contribution in [0.2, 0.25) is 0 Å². The topological polar surface area (TPSA) is 78.0 Å². The van der Waals surface area contributed by atoms with E-state index in [0.29, 0.717) is 12.8 Å². The summed E-state index contributed by atoms with van der Waals surface area (Å²) in [6, 6.07) is 0. The summed E-state index contributed by atoms with van der Waals surface area (Å²) in [7, 11) is 0. The molecule has 114 valence electrons. The number of carbonyl (C=O) groups excluding carboxylic acids is 1. The van der Waals surface area contributed by atoms with Gasteiger partial charge in [-0.05, 0) is 19.3 Å². The summed E-state index contributed by atoms with van der Waals surface area (Å²) < 4.78 is 40.0. The maximum absolute atomic E-state index is 13.3. The van der Waals surface area contributed by atoms with Crippen LogP contribution in [0.5, 0.6) is 0 Å². The highest BCUT2D eigenvalue weighted by atomic mass is 19.4. The molecule has 0 saturated carbocycles. The number of hydrogen-bond donors (Lipinski definition) is 3. The lowest BCUT2D eigenvalue weighted by Gasteiger charge is -2.34. The zero-order valence-corrected chi connectivity index (χ0v) is 11.0. The van der Waals surface area contributed by atoms with Crippen molar-refractivity contribution in [2.45, 2.75) is 43.4 Å². The van der Waals surface area contributed by atoms with Crippen LogP contribution in [0.3, 0.4) is 0 Å². The number of aromatic amines is 1. The quantitative estimate of drug-likeness (QED) is 0.697. The van der Waals surface area contributed by atoms with Gasteiger partial charge in [0, 0.05) is 5.92 Å². The number of halogens is 3. The van der Waals surface area contributed by atoms with E-state index >= 15 is 0 Å². The molecule has 0 bridgehead atoms. The summed E-state index contributed by atoms with van der Waals surface area (Å²) in [5, 5.41) is 18.8. The fraction of sp³-hybridized carbons (Fsp3) is 0.538. The van der Waals surface area contributed by atoms with Crippen LogP contribution in [0.1, 0.15) is 42.9 Å². The average Bonchev–Trinajstić information content (AvgIpc) is 2.82. The number of nitrogens with one attached hydrogen (secondary N) is 2. The van der Waals surface area contributed by atoms with Gasteiger partial charge in [0.05, 0.1) is 17.7 Å². The van der Waals surface area contributed by atoms with Crippen LogP contribution < -0.4 is 5.32 Å². The number of allylic oxidation sites excluding steroid dienone is 2. The molecule has 1 amide bonds. The lowest BCUT2D eigenvalue weighted by atomic mass is 9.80. The molecule has 0 fully saturated rings. The van der Waals surface area contributed by atoms with E-state index in [1.54, 1.807) is 0 Å². The van der Waals surface area contributed by atoms with Crippen molar-refractivity contribution in [3.05, 3.63) is 23.4 Å². The molecule has 2 atom stereocenters. The second kappa shape index (κ2) is 4.59. The molecule has 0 spiro atoms. The van der Waals surface area contributed by atoms with Crippen molar-refractivity contribution in [3.8, 4) is 0 Å². The Balaban J connectivity index is 2.12. The van der Waals surface area contributed by atoms with Crippen LogP contribution >= 0.6 is 0 Å². The van der Waals surface area contributed by atoms with E-state index < -0.39 is 24.1 Å². The number of nitrogens with zero attached hydrogens (tertiary/aromatic N) is 1. The molecule has 0 radical (unpaired) electrons. The Morgan fingerprint density at radius 1 is 1.38 bits per heavy atom. The van der Waals surface area contributed by atoms with E-state index in [0.717, 1.165) is 6.42 Å². The van der Waals surface area contributed by atoms with Gasteiger partial charge in [-0.25, -0.2) is 0 Å². The normalized spacial score (nSPS) is 29.1. The molecule has 21 heavy (non-hydrogen) atoms. The van der Waals surface area contributed by atoms with Crippen LogP contribution in [0.15, 0.2) is 12.2 Å². The Morgan fingerprint density at radius 3 is 2.76 bits per heavy atom. The molecule has 1 aliphatic carbocycles. The number of carbonyl (C=O) groups is 1. The molecule has 5 nitrogen and oxygen atoms in total. The van der Waals surface area contributed by atoms with E-state index in [4.69, 9.17) is 0 Å². The number of hydrogen-bond acceptors (Lipinski definition) is 3. The first-order valence-corrected chi connectivity index (χ1v) is 6.65. The number of rotatable bonds is 1. The molecule has 1 aliphatic heterocycles. The zero-order valence-electron chi connectivity index (χ0n) is 11.0. The largest absolute Gasteiger partial charge is 0.422 e. The second-order valence-electron chi connectivity index (χ2n) is 5.42. The van der Waals surface area contributed by atoms with Gasteiger partial charge in [-0.1, -0.05) is 12.2 Å². The highest BCUT2D eigenvalue weighted by Gasteiger charge is 2.60. The molecule has 3 rings (SSSR count). The Morgan fingerprint density at radius 2 is 2.14 bits per heavy atom. The van der Waals surface area contributed by atoms with Crippen LogP contribution in [0.25, 0.3) is 0 Å². The number of alkyl halides is 3. The molecule has 3 N–H and O–H groups in total. The first kappa shape index (κ1) is 14.1. The number of anilines is 1. The van der Waals surface area contributed by atoms with E-state index in [1.807, 2.05) is 12.2 Å². The van der Waals surface area contributed by atoms with Gasteiger partial charge < -0.3 is 10.4 Å². The van der Waals surface area contributed by atoms with Crippen LogP contribution in [-0.2, 0) is 10.4 Å². The van der Waals surface area contributed by atoms with Crippen LogP contribution in [-0.4, -0.2) is 27.4 Å². The molecule has 8 heteroatoms. The number of aromatic nitrogens is 2. The highest BCUT2D eigenvalue weighted by molar-refractivity contribution is 5.94. The second-order valence-corrected chi connectivity index (χ2v) is 5.42. The van der Waals surface area contributed by atoms with Crippen molar-refractivity contribution in [1.82, 2.24) is 10.2 Å². The fourth-order valence-electron chi connectivity index (χ4n) is 2.95. The Labute approximate surface area is 118 Å². The standard InChI is InChI=1S/C13H14F3N3O2/c14-13(15,16)12(21)6-8(20)17-11-9(12)10(18-19-11)7-4-2-1-3-5-7/h1-2,7,21H,3-6H2,(H2,17,18,19,20). The van der Waals surface area contributed by atoms with E-state index in [-0.39, 0.29) is 23.0 Å². The predicted octanol–water partition coefficient (Wildman–Crippen LogP) is 2.33. The van der Waals surface area contributed by atoms with Gasteiger partial charge in [0.15, 0.2) is 5.60 Å². The first-order valence-electron chi connectivity index (χ1n) is 6.65. The maximum atomic E-state index is 13.3. The van der Waals surface area contributed by atoms with Crippen molar-refractivity contribution in [2.24, 2.45) is 0 Å². The molecule has 2 unspecified atom stereocenters. The highest BCUT2D eigenvalue weighted by Crippen LogP contribution is 2.49. The molecular weight excluding hydrogens is 287 g/mol. The lowest BCUT2D eigenvalue weighted by Crippen LogP contribution is -2.48. The summed E-state index contributed by atoms with van der Waals surface area (Å²) in [5.41, 5.74) is -3.34. The minimum absolute atomic E-state index is 0.157. The Bertz CT molecular complexity index is 608. The van der Waals surface area contributed by atoms with E-state index in [9.17, 15) is 23.1 Å². The minimum atomic E-state index is -4.94. The third-order valence-electron chi connectivity index (χ3n) is 4.01. The van der Waals surface area contributed by atoms with Crippen molar-refractivity contribution in [1.29, 1.82) is 0 Å². The predicted molar refractivity (Wildman–Crippen MR) is 67.5 cm³/mol. The van der Waals surface area contributed by atoms with Crippen molar-refractivity contribution >= 4 is 11.7 Å². The van der Waals surface area contributed by atoms with Gasteiger partial charge in [0.25, 0.3) is 0 Å². The maximum Gasteiger partial charge on any atom is 0.422 e. The smallest absolute Gasteiger partial charge is 0.376 e. The first-order chi connectivity index (χ1) is 9.83. The molecule has 0 saturated heterocycles. The van der Waals surface area contributed by atoms with Gasteiger partial charge >= 0.3 is 6.18 Å². The van der Waals surface area contributed by atoms with E-state index in [2.05, 4.69) is 15.5 Å². The van der Waals surface area contributed by atoms with Crippen molar-refractivity contribution in [3.63, 3.8) is 0 Å². The zero-order chi connectivity index (χ0) is 15.3. The van der Waals surface area contributed by atoms with Gasteiger partial charge in [0.1, 0.15) is 5.82 Å². The molecule has 2 heterocycles. The molecular formula is C13H14F3N3O2. The number of amides is 1. The summed E-state index contributed by atoms with van der Waals surface area (Å²) in [4.78, 5) is 11.4. The number of aliphatic hydroxyl groups is 1. The minimum Gasteiger partial charge on any atom is -0.376 e. The van der Waals surface area contributed by atoms with Gasteiger partial charge in [-0.3, -0.25) is 9.89 Å². The summed E-state index contributed by atoms with van der Waals surface area (Å²) in [6.45, 7) is 0. The fourth-order valence-corrected chi connectivity index (χ4v) is 2.95. The summed E-state index contributed by atoms with van der Waals surface area (Å²) in [6.07, 6.45) is -0.143. The Hall–Kier alpha value is -1.83.